The summed E-state index contributed by atoms with van der Waals surface area (Å²) in [5.41, 5.74) is 0. The average molecular weight is 244 g/mol. The largest absolute Gasteiger partial charge is 0.309 e. The van der Waals surface area contributed by atoms with Crippen LogP contribution < -0.4 is 5.32 Å². The molecule has 0 radical (unpaired) electrons. The smallest absolute Gasteiger partial charge is 0.238 e. The van der Waals surface area contributed by atoms with E-state index in [2.05, 4.69) is 16.6 Å². The molecule has 1 rings (SSSR count). The van der Waals surface area contributed by atoms with Crippen LogP contribution in [0.15, 0.2) is 11.4 Å². The quantitative estimate of drug-likeness (QED) is 0.782. The Bertz CT molecular complexity index is 288. The molecule has 5 heteroatoms. The highest BCUT2D eigenvalue weighted by molar-refractivity contribution is 8.00. The minimum atomic E-state index is -0.00162. The van der Waals surface area contributed by atoms with E-state index in [0.29, 0.717) is 5.82 Å². The summed E-state index contributed by atoms with van der Waals surface area (Å²) >= 11 is 3.04. The summed E-state index contributed by atoms with van der Waals surface area (Å²) in [4.78, 5) is 11.6. The molecule has 15 heavy (non-hydrogen) atoms. The Balaban J connectivity index is 2.27. The van der Waals surface area contributed by atoms with Gasteiger partial charge in [0.05, 0.1) is 5.25 Å². The van der Waals surface area contributed by atoms with Gasteiger partial charge >= 0.3 is 0 Å². The zero-order valence-electron chi connectivity index (χ0n) is 9.03. The van der Waals surface area contributed by atoms with E-state index in [1.165, 1.54) is 24.4 Å². The number of carbonyl (C=O) groups is 1. The first-order valence-electron chi connectivity index (χ1n) is 5.07. The molecule has 0 aromatic carbocycles. The third-order valence-corrected chi connectivity index (χ3v) is 3.72. The molecule has 0 aliphatic rings. The molecule has 1 atom stereocenters. The van der Waals surface area contributed by atoms with E-state index in [-0.39, 0.29) is 11.2 Å². The Hall–Kier alpha value is -0.550. The second kappa shape index (κ2) is 6.85. The van der Waals surface area contributed by atoms with Gasteiger partial charge in [-0.3, -0.25) is 4.79 Å². The Labute approximate surface area is 98.8 Å². The first kappa shape index (κ1) is 12.5. The fourth-order valence-corrected chi connectivity index (χ4v) is 2.47. The van der Waals surface area contributed by atoms with Gasteiger partial charge in [0.2, 0.25) is 5.91 Å². The van der Waals surface area contributed by atoms with E-state index in [1.54, 1.807) is 11.8 Å². The van der Waals surface area contributed by atoms with Crippen molar-refractivity contribution in [3.8, 4) is 0 Å². The van der Waals surface area contributed by atoms with Gasteiger partial charge in [0.1, 0.15) is 5.82 Å². The second-order valence-electron chi connectivity index (χ2n) is 3.24. The lowest BCUT2D eigenvalue weighted by atomic mass is 10.4. The standard InChI is InChI=1S/C10H16N2OS2/c1-3-4-6-14-8(2)10(13)11-9-5-7-15-12-9/h5,7-8H,3-4,6H2,1-2H3,(H,11,12,13). The van der Waals surface area contributed by atoms with Crippen molar-refractivity contribution in [3.05, 3.63) is 11.4 Å². The molecule has 1 amide bonds. The molecule has 84 valence electrons. The molecular formula is C10H16N2OS2. The Morgan fingerprint density at radius 1 is 1.73 bits per heavy atom. The number of hydrogen-bond donors (Lipinski definition) is 1. The lowest BCUT2D eigenvalue weighted by molar-refractivity contribution is -0.115. The number of aromatic nitrogens is 1. The number of amides is 1. The second-order valence-corrected chi connectivity index (χ2v) is 5.35. The molecule has 1 aromatic heterocycles. The molecule has 0 saturated carbocycles. The molecule has 0 aliphatic heterocycles. The predicted octanol–water partition coefficient (Wildman–Crippen LogP) is 3.00. The highest BCUT2D eigenvalue weighted by atomic mass is 32.2. The molecule has 1 unspecified atom stereocenters. The van der Waals surface area contributed by atoms with Crippen molar-refractivity contribution < 1.29 is 4.79 Å². The number of hydrogen-bond acceptors (Lipinski definition) is 4. The highest BCUT2D eigenvalue weighted by Crippen LogP contribution is 2.15. The molecule has 3 nitrogen and oxygen atoms in total. The predicted molar refractivity (Wildman–Crippen MR) is 67.6 cm³/mol. The summed E-state index contributed by atoms with van der Waals surface area (Å²) in [6.45, 7) is 4.09. The minimum absolute atomic E-state index is 0.00162. The lowest BCUT2D eigenvalue weighted by Crippen LogP contribution is -2.22. The minimum Gasteiger partial charge on any atom is -0.309 e. The third kappa shape index (κ3) is 4.66. The van der Waals surface area contributed by atoms with Gasteiger partial charge in [-0.25, -0.2) is 0 Å². The van der Waals surface area contributed by atoms with Gasteiger partial charge in [0.15, 0.2) is 0 Å². The molecule has 0 bridgehead atoms. The summed E-state index contributed by atoms with van der Waals surface area (Å²) in [7, 11) is 0. The molecule has 0 saturated heterocycles. The van der Waals surface area contributed by atoms with Crippen LogP contribution in [0.4, 0.5) is 5.82 Å². The van der Waals surface area contributed by atoms with E-state index in [0.717, 1.165) is 5.75 Å². The monoisotopic (exact) mass is 244 g/mol. The van der Waals surface area contributed by atoms with Gasteiger partial charge in [-0.2, -0.15) is 4.37 Å². The van der Waals surface area contributed by atoms with Crippen LogP contribution in [0.3, 0.4) is 0 Å². The number of rotatable bonds is 6. The first-order valence-corrected chi connectivity index (χ1v) is 6.95. The van der Waals surface area contributed by atoms with Gasteiger partial charge in [-0.05, 0) is 36.7 Å². The van der Waals surface area contributed by atoms with Crippen molar-refractivity contribution in [1.82, 2.24) is 4.37 Å². The topological polar surface area (TPSA) is 42.0 Å². The van der Waals surface area contributed by atoms with Crippen LogP contribution >= 0.6 is 23.3 Å². The maximum Gasteiger partial charge on any atom is 0.238 e. The van der Waals surface area contributed by atoms with Crippen molar-refractivity contribution in [3.63, 3.8) is 0 Å². The molecule has 0 aliphatic carbocycles. The zero-order valence-corrected chi connectivity index (χ0v) is 10.7. The van der Waals surface area contributed by atoms with Gasteiger partial charge in [-0.1, -0.05) is 13.3 Å². The molecular weight excluding hydrogens is 228 g/mol. The highest BCUT2D eigenvalue weighted by Gasteiger charge is 2.13. The Morgan fingerprint density at radius 3 is 3.13 bits per heavy atom. The number of nitrogens with zero attached hydrogens (tertiary/aromatic N) is 1. The summed E-state index contributed by atoms with van der Waals surface area (Å²) in [6.07, 6.45) is 2.34. The van der Waals surface area contributed by atoms with Crippen molar-refractivity contribution >= 4 is 35.0 Å². The van der Waals surface area contributed by atoms with Gasteiger partial charge in [0, 0.05) is 5.38 Å². The van der Waals surface area contributed by atoms with Gasteiger partial charge in [-0.15, -0.1) is 11.8 Å². The van der Waals surface area contributed by atoms with Crippen molar-refractivity contribution in [1.29, 1.82) is 0 Å². The van der Waals surface area contributed by atoms with Crippen LogP contribution in [0, 0.1) is 0 Å². The normalized spacial score (nSPS) is 12.4. The lowest BCUT2D eigenvalue weighted by Gasteiger charge is -2.09. The molecule has 0 spiro atoms. The molecule has 1 N–H and O–H groups in total. The average Bonchev–Trinajstić information content (AvgIpc) is 2.70. The van der Waals surface area contributed by atoms with Gasteiger partial charge in [0.25, 0.3) is 0 Å². The summed E-state index contributed by atoms with van der Waals surface area (Å²) < 4.78 is 4.04. The Morgan fingerprint density at radius 2 is 2.53 bits per heavy atom. The fourth-order valence-electron chi connectivity index (χ4n) is 0.985. The number of carbonyl (C=O) groups excluding carboxylic acids is 1. The Kier molecular flexibility index (Phi) is 5.71. The molecule has 1 aromatic rings. The van der Waals surface area contributed by atoms with E-state index in [9.17, 15) is 4.79 Å². The van der Waals surface area contributed by atoms with E-state index in [4.69, 9.17) is 0 Å². The van der Waals surface area contributed by atoms with Crippen molar-refractivity contribution in [2.75, 3.05) is 11.1 Å². The third-order valence-electron chi connectivity index (χ3n) is 1.92. The van der Waals surface area contributed by atoms with Crippen molar-refractivity contribution in [2.24, 2.45) is 0 Å². The molecule has 1 heterocycles. The maximum absolute atomic E-state index is 11.6. The van der Waals surface area contributed by atoms with Crippen LogP contribution in [-0.4, -0.2) is 21.3 Å². The number of nitrogens with one attached hydrogen (secondary N) is 1. The zero-order chi connectivity index (χ0) is 11.1. The number of unbranched alkanes of at least 4 members (excludes halogenated alkanes) is 1. The summed E-state index contributed by atoms with van der Waals surface area (Å²) in [5.74, 6) is 1.75. The van der Waals surface area contributed by atoms with E-state index >= 15 is 0 Å². The first-order chi connectivity index (χ1) is 7.24. The van der Waals surface area contributed by atoms with Crippen LogP contribution in [0.2, 0.25) is 0 Å². The van der Waals surface area contributed by atoms with Gasteiger partial charge < -0.3 is 5.32 Å². The van der Waals surface area contributed by atoms with Crippen LogP contribution in [0.5, 0.6) is 0 Å². The summed E-state index contributed by atoms with van der Waals surface area (Å²) in [6, 6.07) is 1.81. The maximum atomic E-state index is 11.6. The summed E-state index contributed by atoms with van der Waals surface area (Å²) in [5, 5.41) is 4.64. The van der Waals surface area contributed by atoms with Crippen LogP contribution in [0.25, 0.3) is 0 Å². The number of anilines is 1. The van der Waals surface area contributed by atoms with E-state index in [1.807, 2.05) is 18.4 Å². The number of thioether (sulfide) groups is 1. The SMILES string of the molecule is CCCCSC(C)C(=O)Nc1ccsn1. The fraction of sp³-hybridized carbons (Fsp3) is 0.600. The molecule has 0 fully saturated rings. The van der Waals surface area contributed by atoms with Crippen molar-refractivity contribution in [2.45, 2.75) is 31.9 Å². The van der Waals surface area contributed by atoms with Crippen LogP contribution in [-0.2, 0) is 4.79 Å². The van der Waals surface area contributed by atoms with E-state index < -0.39 is 0 Å². The van der Waals surface area contributed by atoms with Crippen LogP contribution in [0.1, 0.15) is 26.7 Å².